The molecule has 32 heavy (non-hydrogen) atoms. The van der Waals surface area contributed by atoms with Gasteiger partial charge in [-0.25, -0.2) is 0 Å². The maximum Gasteiger partial charge on any atom is 0.253 e. The highest BCUT2D eigenvalue weighted by Gasteiger charge is 2.15. The van der Waals surface area contributed by atoms with Gasteiger partial charge < -0.3 is 20.9 Å². The molecular formula is C25H34N4O3. The quantitative estimate of drug-likeness (QED) is 0.478. The molecule has 3 N–H and O–H groups in total. The van der Waals surface area contributed by atoms with Crippen LogP contribution in [0.5, 0.6) is 0 Å². The van der Waals surface area contributed by atoms with Gasteiger partial charge in [0.25, 0.3) is 5.91 Å². The molecule has 2 aromatic carbocycles. The Morgan fingerprint density at radius 1 is 0.844 bits per heavy atom. The Morgan fingerprint density at radius 3 is 2.06 bits per heavy atom. The molecule has 172 valence electrons. The Bertz CT molecular complexity index is 904. The van der Waals surface area contributed by atoms with Crippen molar-refractivity contribution < 1.29 is 14.4 Å². The first-order valence-electron chi connectivity index (χ1n) is 11.2. The molecule has 2 aromatic rings. The largest absolute Gasteiger partial charge is 0.376 e. The summed E-state index contributed by atoms with van der Waals surface area (Å²) in [5.74, 6) is -0.372. The summed E-state index contributed by atoms with van der Waals surface area (Å²) < 4.78 is 0. The molecule has 0 spiro atoms. The molecule has 3 amide bonds. The van der Waals surface area contributed by atoms with Crippen molar-refractivity contribution in [1.29, 1.82) is 0 Å². The molecule has 0 unspecified atom stereocenters. The second-order valence-corrected chi connectivity index (χ2v) is 8.00. The molecule has 0 saturated heterocycles. The SMILES string of the molecule is CCCN(CCC)C(=O)c1cccc(NC(=O)CNc2ccc(NC(=O)C(C)C)cc2)c1. The lowest BCUT2D eigenvalue weighted by atomic mass is 10.1. The fraction of sp³-hybridized carbons (Fsp3) is 0.400. The summed E-state index contributed by atoms with van der Waals surface area (Å²) in [5.41, 5.74) is 2.63. The van der Waals surface area contributed by atoms with E-state index in [9.17, 15) is 14.4 Å². The average Bonchev–Trinajstić information content (AvgIpc) is 2.78. The number of amides is 3. The second-order valence-electron chi connectivity index (χ2n) is 8.00. The predicted octanol–water partition coefficient (Wildman–Crippen LogP) is 4.59. The number of hydrogen-bond donors (Lipinski definition) is 3. The van der Waals surface area contributed by atoms with Crippen LogP contribution in [-0.4, -0.2) is 42.3 Å². The van der Waals surface area contributed by atoms with E-state index in [1.807, 2.05) is 18.7 Å². The summed E-state index contributed by atoms with van der Waals surface area (Å²) in [5, 5.41) is 8.72. The Labute approximate surface area is 190 Å². The van der Waals surface area contributed by atoms with E-state index in [4.69, 9.17) is 0 Å². The molecule has 0 heterocycles. The van der Waals surface area contributed by atoms with Gasteiger partial charge in [0.2, 0.25) is 11.8 Å². The number of benzene rings is 2. The van der Waals surface area contributed by atoms with Gasteiger partial charge in [-0.05, 0) is 55.3 Å². The van der Waals surface area contributed by atoms with Crippen molar-refractivity contribution in [3.63, 3.8) is 0 Å². The van der Waals surface area contributed by atoms with Gasteiger partial charge in [-0.15, -0.1) is 0 Å². The molecule has 2 rings (SSSR count). The van der Waals surface area contributed by atoms with E-state index in [0.717, 1.165) is 18.5 Å². The van der Waals surface area contributed by atoms with Crippen LogP contribution in [-0.2, 0) is 9.59 Å². The molecule has 0 aliphatic heterocycles. The van der Waals surface area contributed by atoms with E-state index in [1.54, 1.807) is 48.5 Å². The highest BCUT2D eigenvalue weighted by atomic mass is 16.2. The van der Waals surface area contributed by atoms with Crippen molar-refractivity contribution >= 4 is 34.8 Å². The highest BCUT2D eigenvalue weighted by molar-refractivity contribution is 5.98. The van der Waals surface area contributed by atoms with Crippen LogP contribution in [0.4, 0.5) is 17.1 Å². The van der Waals surface area contributed by atoms with Crippen LogP contribution in [0.15, 0.2) is 48.5 Å². The number of anilines is 3. The van der Waals surface area contributed by atoms with Crippen LogP contribution < -0.4 is 16.0 Å². The molecule has 0 aliphatic rings. The summed E-state index contributed by atoms with van der Waals surface area (Å²) >= 11 is 0. The monoisotopic (exact) mass is 438 g/mol. The maximum atomic E-state index is 12.8. The molecule has 0 radical (unpaired) electrons. The Balaban J connectivity index is 1.91. The van der Waals surface area contributed by atoms with Crippen LogP contribution >= 0.6 is 0 Å². The van der Waals surface area contributed by atoms with Gasteiger partial charge in [0.05, 0.1) is 6.54 Å². The Kier molecular flexibility index (Phi) is 9.73. The fourth-order valence-corrected chi connectivity index (χ4v) is 3.11. The van der Waals surface area contributed by atoms with Gasteiger partial charge in [0.1, 0.15) is 0 Å². The van der Waals surface area contributed by atoms with Gasteiger partial charge in [-0.3, -0.25) is 14.4 Å². The summed E-state index contributed by atoms with van der Waals surface area (Å²) in [6, 6.07) is 14.2. The predicted molar refractivity (Wildman–Crippen MR) is 130 cm³/mol. The summed E-state index contributed by atoms with van der Waals surface area (Å²) in [7, 11) is 0. The minimum Gasteiger partial charge on any atom is -0.376 e. The van der Waals surface area contributed by atoms with Crippen molar-refractivity contribution in [2.24, 2.45) is 5.92 Å². The molecule has 0 aromatic heterocycles. The van der Waals surface area contributed by atoms with Crippen LogP contribution in [0.1, 0.15) is 50.9 Å². The van der Waals surface area contributed by atoms with E-state index in [0.29, 0.717) is 30.0 Å². The van der Waals surface area contributed by atoms with Crippen molar-refractivity contribution in [1.82, 2.24) is 4.90 Å². The van der Waals surface area contributed by atoms with Gasteiger partial charge >= 0.3 is 0 Å². The molecule has 0 bridgehead atoms. The molecule has 0 saturated carbocycles. The van der Waals surface area contributed by atoms with Crippen molar-refractivity contribution in [2.75, 3.05) is 35.6 Å². The summed E-state index contributed by atoms with van der Waals surface area (Å²) in [6.07, 6.45) is 1.80. The van der Waals surface area contributed by atoms with Crippen LogP contribution in [0.2, 0.25) is 0 Å². The molecular weight excluding hydrogens is 404 g/mol. The summed E-state index contributed by atoms with van der Waals surface area (Å²) in [6.45, 7) is 9.28. The van der Waals surface area contributed by atoms with Crippen molar-refractivity contribution in [3.05, 3.63) is 54.1 Å². The third-order valence-electron chi connectivity index (χ3n) is 4.80. The minimum atomic E-state index is -0.217. The number of carbonyl (C=O) groups is 3. The molecule has 0 aliphatic carbocycles. The van der Waals surface area contributed by atoms with Crippen LogP contribution in [0, 0.1) is 5.92 Å². The zero-order valence-electron chi connectivity index (χ0n) is 19.4. The lowest BCUT2D eigenvalue weighted by Gasteiger charge is -2.21. The number of rotatable bonds is 11. The smallest absolute Gasteiger partial charge is 0.253 e. The maximum absolute atomic E-state index is 12.8. The molecule has 7 heteroatoms. The molecule has 7 nitrogen and oxygen atoms in total. The number of hydrogen-bond acceptors (Lipinski definition) is 4. The average molecular weight is 439 g/mol. The first kappa shape index (κ1) is 24.9. The standard InChI is InChI=1S/C25H34N4O3/c1-5-14-29(15-6-2)25(32)19-8-7-9-22(16-19)27-23(30)17-26-20-10-12-21(13-11-20)28-24(31)18(3)4/h7-13,16,18,26H,5-6,14-15,17H2,1-4H3,(H,27,30)(H,28,31). The van der Waals surface area contributed by atoms with Crippen LogP contribution in [0.25, 0.3) is 0 Å². The van der Waals surface area contributed by atoms with Gasteiger partial charge in [-0.1, -0.05) is 33.8 Å². The van der Waals surface area contributed by atoms with E-state index in [2.05, 4.69) is 29.8 Å². The van der Waals surface area contributed by atoms with Gasteiger partial charge in [0, 0.05) is 41.6 Å². The van der Waals surface area contributed by atoms with Crippen LogP contribution in [0.3, 0.4) is 0 Å². The first-order chi connectivity index (χ1) is 15.3. The highest BCUT2D eigenvalue weighted by Crippen LogP contribution is 2.16. The van der Waals surface area contributed by atoms with E-state index < -0.39 is 0 Å². The zero-order chi connectivity index (χ0) is 23.5. The lowest BCUT2D eigenvalue weighted by Crippen LogP contribution is -2.32. The van der Waals surface area contributed by atoms with Gasteiger partial charge in [-0.2, -0.15) is 0 Å². The topological polar surface area (TPSA) is 90.5 Å². The third-order valence-corrected chi connectivity index (χ3v) is 4.80. The molecule has 0 atom stereocenters. The van der Waals surface area contributed by atoms with Crippen molar-refractivity contribution in [2.45, 2.75) is 40.5 Å². The van der Waals surface area contributed by atoms with E-state index in [-0.39, 0.29) is 30.2 Å². The first-order valence-corrected chi connectivity index (χ1v) is 11.2. The second kappa shape index (κ2) is 12.5. The zero-order valence-corrected chi connectivity index (χ0v) is 19.4. The number of carbonyl (C=O) groups excluding carboxylic acids is 3. The van der Waals surface area contributed by atoms with Crippen molar-refractivity contribution in [3.8, 4) is 0 Å². The van der Waals surface area contributed by atoms with Gasteiger partial charge in [0.15, 0.2) is 0 Å². The molecule has 0 fully saturated rings. The van der Waals surface area contributed by atoms with E-state index >= 15 is 0 Å². The third kappa shape index (κ3) is 7.72. The normalized spacial score (nSPS) is 10.5. The Morgan fingerprint density at radius 2 is 1.47 bits per heavy atom. The number of nitrogens with zero attached hydrogens (tertiary/aromatic N) is 1. The van der Waals surface area contributed by atoms with E-state index in [1.165, 1.54) is 0 Å². The fourth-order valence-electron chi connectivity index (χ4n) is 3.11. The minimum absolute atomic E-state index is 0.0208. The summed E-state index contributed by atoms with van der Waals surface area (Å²) in [4.78, 5) is 38.7. The number of nitrogens with one attached hydrogen (secondary N) is 3. The lowest BCUT2D eigenvalue weighted by molar-refractivity contribution is -0.119. The Hall–Kier alpha value is -3.35.